The minimum atomic E-state index is -1.23. The smallest absolute Gasteiger partial charge is 0.127 e. The van der Waals surface area contributed by atoms with Crippen molar-refractivity contribution in [3.8, 4) is 0 Å². The summed E-state index contributed by atoms with van der Waals surface area (Å²) in [4.78, 5) is 0.766. The predicted molar refractivity (Wildman–Crippen MR) is 77.3 cm³/mol. The van der Waals surface area contributed by atoms with E-state index >= 15 is 0 Å². The summed E-state index contributed by atoms with van der Waals surface area (Å²) in [5.74, 6) is 0. The van der Waals surface area contributed by atoms with Crippen LogP contribution in [0.3, 0.4) is 0 Å². The van der Waals surface area contributed by atoms with Crippen LogP contribution in [0.15, 0.2) is 29.2 Å². The second-order valence-electron chi connectivity index (χ2n) is 6.15. The van der Waals surface area contributed by atoms with E-state index in [9.17, 15) is 8.60 Å². The van der Waals surface area contributed by atoms with Crippen molar-refractivity contribution in [1.82, 2.24) is 4.31 Å². The minimum absolute atomic E-state index is 0.0924. The van der Waals surface area contributed by atoms with Crippen LogP contribution in [0, 0.1) is 0 Å². The summed E-state index contributed by atoms with van der Waals surface area (Å²) in [6.07, 6.45) is 0.537. The Hall–Kier alpha value is -0.740. The van der Waals surface area contributed by atoms with Crippen LogP contribution < -0.4 is 0 Å². The summed E-state index contributed by atoms with van der Waals surface area (Å²) in [5.41, 5.74) is 1.31. The Labute approximate surface area is 117 Å². The molecule has 0 amide bonds. The molecule has 0 bridgehead atoms. The molecule has 4 heteroatoms. The SMILES string of the molecule is CC(C)(C)c1ccc(S(=O)N2CCCC(F)C2)cc1. The van der Waals surface area contributed by atoms with Crippen molar-refractivity contribution in [3.63, 3.8) is 0 Å². The van der Waals surface area contributed by atoms with E-state index in [1.165, 1.54) is 5.56 Å². The Kier molecular flexibility index (Phi) is 4.41. The zero-order valence-electron chi connectivity index (χ0n) is 11.9. The van der Waals surface area contributed by atoms with Gasteiger partial charge in [-0.15, -0.1) is 0 Å². The van der Waals surface area contributed by atoms with Crippen molar-refractivity contribution < 1.29 is 8.60 Å². The predicted octanol–water partition coefficient (Wildman–Crippen LogP) is 3.44. The van der Waals surface area contributed by atoms with E-state index < -0.39 is 17.2 Å². The number of benzene rings is 1. The molecule has 2 unspecified atom stereocenters. The molecule has 2 nitrogen and oxygen atoms in total. The van der Waals surface area contributed by atoms with Crippen molar-refractivity contribution in [3.05, 3.63) is 29.8 Å². The average molecular weight is 283 g/mol. The van der Waals surface area contributed by atoms with Crippen LogP contribution in [0.25, 0.3) is 0 Å². The lowest BCUT2D eigenvalue weighted by molar-refractivity contribution is 0.208. The van der Waals surface area contributed by atoms with Gasteiger partial charge in [-0.1, -0.05) is 32.9 Å². The lowest BCUT2D eigenvalue weighted by Crippen LogP contribution is -2.37. The van der Waals surface area contributed by atoms with Gasteiger partial charge in [0, 0.05) is 13.1 Å². The molecule has 1 aliphatic heterocycles. The fourth-order valence-corrected chi connectivity index (χ4v) is 3.52. The first-order valence-electron chi connectivity index (χ1n) is 6.79. The molecule has 2 rings (SSSR count). The summed E-state index contributed by atoms with van der Waals surface area (Å²) in [6, 6.07) is 7.84. The highest BCUT2D eigenvalue weighted by Crippen LogP contribution is 2.24. The number of nitrogens with zero attached hydrogens (tertiary/aromatic N) is 1. The van der Waals surface area contributed by atoms with Crippen molar-refractivity contribution in [1.29, 1.82) is 0 Å². The molecular formula is C15H22FNOS. The maximum atomic E-state index is 13.4. The third kappa shape index (κ3) is 3.63. The highest BCUT2D eigenvalue weighted by Gasteiger charge is 2.24. The zero-order chi connectivity index (χ0) is 14.0. The lowest BCUT2D eigenvalue weighted by Gasteiger charge is -2.27. The highest BCUT2D eigenvalue weighted by atomic mass is 32.2. The molecule has 0 radical (unpaired) electrons. The van der Waals surface area contributed by atoms with E-state index in [1.807, 2.05) is 24.3 Å². The molecule has 1 aliphatic rings. The highest BCUT2D eigenvalue weighted by molar-refractivity contribution is 7.82. The standard InChI is InChI=1S/C15H22FNOS/c1-15(2,3)12-6-8-14(9-7-12)19(18)17-10-4-5-13(16)11-17/h6-9,13H,4-5,10-11H2,1-3H3. The van der Waals surface area contributed by atoms with Gasteiger partial charge >= 0.3 is 0 Å². The average Bonchev–Trinajstić information content (AvgIpc) is 2.37. The first-order chi connectivity index (χ1) is 8.88. The number of piperidine rings is 1. The molecular weight excluding hydrogens is 261 g/mol. The molecule has 1 saturated heterocycles. The molecule has 1 aromatic rings. The second kappa shape index (κ2) is 5.71. The van der Waals surface area contributed by atoms with E-state index in [2.05, 4.69) is 20.8 Å². The second-order valence-corrected chi connectivity index (χ2v) is 7.64. The van der Waals surface area contributed by atoms with Crippen molar-refractivity contribution in [2.45, 2.75) is 50.1 Å². The van der Waals surface area contributed by atoms with Crippen LogP contribution in [0.4, 0.5) is 4.39 Å². The van der Waals surface area contributed by atoms with E-state index in [4.69, 9.17) is 0 Å². The van der Waals surface area contributed by atoms with Crippen molar-refractivity contribution in [2.75, 3.05) is 13.1 Å². The molecule has 19 heavy (non-hydrogen) atoms. The third-order valence-corrected chi connectivity index (χ3v) is 4.96. The molecule has 2 atom stereocenters. The number of hydrogen-bond donors (Lipinski definition) is 0. The fraction of sp³-hybridized carbons (Fsp3) is 0.600. The molecule has 0 saturated carbocycles. The summed E-state index contributed by atoms with van der Waals surface area (Å²) in [5, 5.41) is 0. The summed E-state index contributed by atoms with van der Waals surface area (Å²) >= 11 is 0. The normalized spacial score (nSPS) is 23.3. The van der Waals surface area contributed by atoms with E-state index in [0.29, 0.717) is 13.0 Å². The van der Waals surface area contributed by atoms with Crippen LogP contribution in [0.2, 0.25) is 0 Å². The molecule has 0 spiro atoms. The Morgan fingerprint density at radius 3 is 2.42 bits per heavy atom. The van der Waals surface area contributed by atoms with Gasteiger partial charge in [-0.25, -0.2) is 12.9 Å². The topological polar surface area (TPSA) is 20.3 Å². The van der Waals surface area contributed by atoms with Gasteiger partial charge in [-0.2, -0.15) is 0 Å². The van der Waals surface area contributed by atoms with Gasteiger partial charge < -0.3 is 0 Å². The monoisotopic (exact) mass is 283 g/mol. The van der Waals surface area contributed by atoms with Gasteiger partial charge in [-0.05, 0) is 36.0 Å². The molecule has 1 aromatic carbocycles. The maximum Gasteiger partial charge on any atom is 0.127 e. The van der Waals surface area contributed by atoms with E-state index in [1.54, 1.807) is 4.31 Å². The van der Waals surface area contributed by atoms with Crippen LogP contribution in [0.1, 0.15) is 39.2 Å². The van der Waals surface area contributed by atoms with Crippen molar-refractivity contribution >= 4 is 11.0 Å². The number of rotatable bonds is 2. The van der Waals surface area contributed by atoms with Gasteiger partial charge in [0.2, 0.25) is 0 Å². The number of alkyl halides is 1. The number of hydrogen-bond acceptors (Lipinski definition) is 1. The van der Waals surface area contributed by atoms with E-state index in [0.717, 1.165) is 11.3 Å². The minimum Gasteiger partial charge on any atom is -0.246 e. The molecule has 1 heterocycles. The van der Waals surface area contributed by atoms with Crippen LogP contribution in [-0.4, -0.2) is 27.8 Å². The van der Waals surface area contributed by atoms with Gasteiger partial charge in [0.25, 0.3) is 0 Å². The molecule has 0 aromatic heterocycles. The van der Waals surface area contributed by atoms with Crippen molar-refractivity contribution in [2.24, 2.45) is 0 Å². The third-order valence-electron chi connectivity index (χ3n) is 3.48. The van der Waals surface area contributed by atoms with Crippen LogP contribution in [-0.2, 0) is 16.4 Å². The molecule has 0 aliphatic carbocycles. The zero-order valence-corrected chi connectivity index (χ0v) is 12.7. The Balaban J connectivity index is 2.11. The van der Waals surface area contributed by atoms with Gasteiger partial charge in [0.1, 0.15) is 17.2 Å². The van der Waals surface area contributed by atoms with Gasteiger partial charge in [-0.3, -0.25) is 0 Å². The van der Waals surface area contributed by atoms with Crippen LogP contribution >= 0.6 is 0 Å². The Morgan fingerprint density at radius 1 is 1.26 bits per heavy atom. The molecule has 106 valence electrons. The quantitative estimate of drug-likeness (QED) is 0.814. The summed E-state index contributed by atoms with van der Waals surface area (Å²) in [7, 11) is -1.23. The summed E-state index contributed by atoms with van der Waals surface area (Å²) in [6.45, 7) is 7.45. The largest absolute Gasteiger partial charge is 0.246 e. The maximum absolute atomic E-state index is 13.4. The van der Waals surface area contributed by atoms with Crippen LogP contribution in [0.5, 0.6) is 0 Å². The first-order valence-corrected chi connectivity index (χ1v) is 7.90. The fourth-order valence-electron chi connectivity index (χ4n) is 2.26. The van der Waals surface area contributed by atoms with Gasteiger partial charge in [0.15, 0.2) is 0 Å². The van der Waals surface area contributed by atoms with Gasteiger partial charge in [0.05, 0.1) is 4.90 Å². The number of halogens is 1. The molecule has 0 N–H and O–H groups in total. The Bertz CT molecular complexity index is 452. The Morgan fingerprint density at radius 2 is 1.89 bits per heavy atom. The summed E-state index contributed by atoms with van der Waals surface area (Å²) < 4.78 is 27.5. The first kappa shape index (κ1) is 14.7. The van der Waals surface area contributed by atoms with E-state index in [-0.39, 0.29) is 12.0 Å². The molecule has 1 fully saturated rings. The lowest BCUT2D eigenvalue weighted by atomic mass is 9.87.